The third-order valence-corrected chi connectivity index (χ3v) is 4.11. The molecular weight excluding hydrogens is 208 g/mol. The van der Waals surface area contributed by atoms with Crippen LogP contribution in [-0.2, 0) is 0 Å². The van der Waals surface area contributed by atoms with Crippen LogP contribution in [0.4, 0.5) is 0 Å². The van der Waals surface area contributed by atoms with Crippen LogP contribution >= 0.6 is 0 Å². The van der Waals surface area contributed by atoms with Gasteiger partial charge in [0.15, 0.2) is 0 Å². The summed E-state index contributed by atoms with van der Waals surface area (Å²) in [5, 5.41) is 0. The molecule has 0 aliphatic carbocycles. The maximum Gasteiger partial charge on any atom is 0.127 e. The summed E-state index contributed by atoms with van der Waals surface area (Å²) in [6.07, 6.45) is 1.32. The summed E-state index contributed by atoms with van der Waals surface area (Å²) in [6.45, 7) is 9.09. The topological polar surface area (TPSA) is 8.88 Å². The average molecular weight is 234 g/mol. The van der Waals surface area contributed by atoms with Crippen LogP contribution in [-0.4, -0.2) is 39.8 Å². The zero-order valence-corrected chi connectivity index (χ0v) is 11.2. The Morgan fingerprint density at radius 1 is 1.06 bits per heavy atom. The highest BCUT2D eigenvalue weighted by atomic mass is 15.2. The van der Waals surface area contributed by atoms with Crippen molar-refractivity contribution in [1.29, 1.82) is 0 Å². The van der Waals surface area contributed by atoms with Crippen LogP contribution in [0, 0.1) is 0 Å². The second-order valence-electron chi connectivity index (χ2n) is 5.56. The standard InChI is InChI=1S/C15H24N2/c1-14(15-6-4-3-5-7-15)8-9-17-12-10-16(2)11-13-17/h3-7,14H,8-13H2,1-2H3/p+2/t14-/m1/s1. The second kappa shape index (κ2) is 6.18. The first kappa shape index (κ1) is 12.6. The molecule has 2 rings (SSSR count). The number of likely N-dealkylation sites (N-methyl/N-ethyl adjacent to an activating group) is 1. The second-order valence-corrected chi connectivity index (χ2v) is 5.56. The SMILES string of the molecule is C[C@H](CC[NH+]1CC[NH+](C)CC1)c1ccccc1. The van der Waals surface area contributed by atoms with Crippen molar-refractivity contribution in [3.05, 3.63) is 35.9 Å². The number of hydrogen-bond acceptors (Lipinski definition) is 0. The number of rotatable bonds is 4. The molecule has 1 aromatic carbocycles. The van der Waals surface area contributed by atoms with Crippen LogP contribution in [0.3, 0.4) is 0 Å². The third kappa shape index (κ3) is 3.83. The Bertz CT molecular complexity index is 315. The molecule has 2 N–H and O–H groups in total. The molecule has 1 aliphatic heterocycles. The Balaban J connectivity index is 1.75. The van der Waals surface area contributed by atoms with E-state index in [1.165, 1.54) is 44.7 Å². The highest BCUT2D eigenvalue weighted by Gasteiger charge is 2.20. The minimum Gasteiger partial charge on any atom is -0.328 e. The van der Waals surface area contributed by atoms with Crippen LogP contribution in [0.1, 0.15) is 24.8 Å². The van der Waals surface area contributed by atoms with E-state index >= 15 is 0 Å². The number of nitrogens with one attached hydrogen (secondary N) is 2. The molecule has 0 bridgehead atoms. The van der Waals surface area contributed by atoms with Crippen LogP contribution in [0.25, 0.3) is 0 Å². The number of hydrogen-bond donors (Lipinski definition) is 2. The molecule has 1 saturated heterocycles. The van der Waals surface area contributed by atoms with Gasteiger partial charge in [-0.25, -0.2) is 0 Å². The maximum absolute atomic E-state index is 2.36. The smallest absolute Gasteiger partial charge is 0.127 e. The summed E-state index contributed by atoms with van der Waals surface area (Å²) in [5.41, 5.74) is 1.49. The first-order chi connectivity index (χ1) is 8.25. The molecule has 17 heavy (non-hydrogen) atoms. The van der Waals surface area contributed by atoms with Gasteiger partial charge in [-0.2, -0.15) is 0 Å². The molecule has 1 atom stereocenters. The van der Waals surface area contributed by atoms with Gasteiger partial charge in [0.2, 0.25) is 0 Å². The van der Waals surface area contributed by atoms with E-state index in [-0.39, 0.29) is 0 Å². The lowest BCUT2D eigenvalue weighted by Gasteiger charge is -2.28. The molecule has 0 unspecified atom stereocenters. The summed E-state index contributed by atoms with van der Waals surface area (Å²) < 4.78 is 0. The average Bonchev–Trinajstić information content (AvgIpc) is 2.39. The van der Waals surface area contributed by atoms with E-state index < -0.39 is 0 Å². The van der Waals surface area contributed by atoms with Gasteiger partial charge in [-0.1, -0.05) is 37.3 Å². The van der Waals surface area contributed by atoms with E-state index in [1.807, 2.05) is 0 Å². The fraction of sp³-hybridized carbons (Fsp3) is 0.600. The number of piperazine rings is 1. The predicted octanol–water partition coefficient (Wildman–Crippen LogP) is -0.407. The minimum absolute atomic E-state index is 0.704. The molecule has 0 saturated carbocycles. The quantitative estimate of drug-likeness (QED) is 0.701. The van der Waals surface area contributed by atoms with Crippen molar-refractivity contribution >= 4 is 0 Å². The monoisotopic (exact) mass is 234 g/mol. The van der Waals surface area contributed by atoms with Crippen LogP contribution in [0.15, 0.2) is 30.3 Å². The molecule has 0 amide bonds. The molecule has 2 heteroatoms. The Hall–Kier alpha value is -0.860. The van der Waals surface area contributed by atoms with Gasteiger partial charge in [0.05, 0.1) is 13.6 Å². The van der Waals surface area contributed by atoms with Gasteiger partial charge >= 0.3 is 0 Å². The zero-order valence-electron chi connectivity index (χ0n) is 11.2. The first-order valence-electron chi connectivity index (χ1n) is 6.95. The molecule has 94 valence electrons. The third-order valence-electron chi connectivity index (χ3n) is 4.11. The van der Waals surface area contributed by atoms with Crippen molar-refractivity contribution in [3.8, 4) is 0 Å². The molecular formula is C15H26N2+2. The van der Waals surface area contributed by atoms with Gasteiger partial charge in [0, 0.05) is 6.42 Å². The van der Waals surface area contributed by atoms with Gasteiger partial charge in [0.1, 0.15) is 26.2 Å². The number of quaternary nitrogens is 2. The van der Waals surface area contributed by atoms with Gasteiger partial charge in [-0.15, -0.1) is 0 Å². The molecule has 1 aromatic rings. The fourth-order valence-electron chi connectivity index (χ4n) is 2.65. The largest absolute Gasteiger partial charge is 0.328 e. The minimum atomic E-state index is 0.704. The molecule has 0 radical (unpaired) electrons. The van der Waals surface area contributed by atoms with Crippen molar-refractivity contribution in [1.82, 2.24) is 0 Å². The molecule has 1 aliphatic rings. The summed E-state index contributed by atoms with van der Waals surface area (Å²) in [5.74, 6) is 0.704. The van der Waals surface area contributed by atoms with Gasteiger partial charge in [0.25, 0.3) is 0 Å². The highest BCUT2D eigenvalue weighted by molar-refractivity contribution is 5.18. The van der Waals surface area contributed by atoms with Gasteiger partial charge in [-0.05, 0) is 11.5 Å². The summed E-state index contributed by atoms with van der Waals surface area (Å²) in [4.78, 5) is 3.50. The molecule has 1 heterocycles. The van der Waals surface area contributed by atoms with Crippen LogP contribution in [0.5, 0.6) is 0 Å². The molecule has 0 aromatic heterocycles. The maximum atomic E-state index is 2.36. The van der Waals surface area contributed by atoms with E-state index in [0.29, 0.717) is 5.92 Å². The van der Waals surface area contributed by atoms with E-state index in [4.69, 9.17) is 0 Å². The number of benzene rings is 1. The van der Waals surface area contributed by atoms with E-state index in [0.717, 1.165) is 0 Å². The van der Waals surface area contributed by atoms with Crippen LogP contribution < -0.4 is 9.80 Å². The van der Waals surface area contributed by atoms with Crippen molar-refractivity contribution < 1.29 is 9.80 Å². The Kier molecular flexibility index (Phi) is 4.57. The van der Waals surface area contributed by atoms with Crippen LogP contribution in [0.2, 0.25) is 0 Å². The summed E-state index contributed by atoms with van der Waals surface area (Å²) in [7, 11) is 2.31. The Morgan fingerprint density at radius 3 is 2.35 bits per heavy atom. The van der Waals surface area contributed by atoms with E-state index in [1.54, 1.807) is 9.80 Å². The van der Waals surface area contributed by atoms with Gasteiger partial charge in [-0.3, -0.25) is 0 Å². The molecule has 0 spiro atoms. The zero-order chi connectivity index (χ0) is 12.1. The highest BCUT2D eigenvalue weighted by Crippen LogP contribution is 2.16. The lowest BCUT2D eigenvalue weighted by atomic mass is 9.97. The van der Waals surface area contributed by atoms with Crippen molar-refractivity contribution in [2.45, 2.75) is 19.3 Å². The molecule has 2 nitrogen and oxygen atoms in total. The van der Waals surface area contributed by atoms with Crippen molar-refractivity contribution in [2.24, 2.45) is 0 Å². The first-order valence-corrected chi connectivity index (χ1v) is 6.95. The lowest BCUT2D eigenvalue weighted by Crippen LogP contribution is -3.27. The summed E-state index contributed by atoms with van der Waals surface area (Å²) in [6, 6.07) is 10.9. The Morgan fingerprint density at radius 2 is 1.71 bits per heavy atom. The van der Waals surface area contributed by atoms with Crippen molar-refractivity contribution in [2.75, 3.05) is 39.8 Å². The molecule has 1 fully saturated rings. The Labute approximate surface area is 105 Å². The van der Waals surface area contributed by atoms with Gasteiger partial charge < -0.3 is 9.80 Å². The van der Waals surface area contributed by atoms with E-state index in [9.17, 15) is 0 Å². The lowest BCUT2D eigenvalue weighted by molar-refractivity contribution is -1.00. The van der Waals surface area contributed by atoms with E-state index in [2.05, 4.69) is 44.3 Å². The van der Waals surface area contributed by atoms with Crippen molar-refractivity contribution in [3.63, 3.8) is 0 Å². The predicted molar refractivity (Wildman–Crippen MR) is 71.7 cm³/mol. The fourth-order valence-corrected chi connectivity index (χ4v) is 2.65. The normalized spacial score (nSPS) is 26.7. The summed E-state index contributed by atoms with van der Waals surface area (Å²) >= 11 is 0.